The van der Waals surface area contributed by atoms with E-state index in [0.717, 1.165) is 5.56 Å². The van der Waals surface area contributed by atoms with Crippen LogP contribution in [0.2, 0.25) is 5.02 Å². The third-order valence-corrected chi connectivity index (χ3v) is 4.47. The largest absolute Gasteiger partial charge is 0.444 e. The third-order valence-electron chi connectivity index (χ3n) is 4.19. The average molecular weight is 470 g/mol. The number of amides is 2. The molecule has 0 atom stereocenters. The highest BCUT2D eigenvalue weighted by atomic mass is 35.5. The zero-order valence-electron chi connectivity index (χ0n) is 18.6. The van der Waals surface area contributed by atoms with Gasteiger partial charge in [0.05, 0.1) is 16.9 Å². The summed E-state index contributed by atoms with van der Waals surface area (Å²) in [7, 11) is 0. The minimum Gasteiger partial charge on any atom is -0.444 e. The van der Waals surface area contributed by atoms with Crippen LogP contribution in [0.25, 0.3) is 11.3 Å². The fourth-order valence-corrected chi connectivity index (χ4v) is 3.07. The Balaban J connectivity index is 1.84. The number of carbonyl (C=O) groups is 2. The van der Waals surface area contributed by atoms with Gasteiger partial charge in [-0.25, -0.2) is 19.6 Å². The summed E-state index contributed by atoms with van der Waals surface area (Å²) in [6.45, 7) is 7.24. The van der Waals surface area contributed by atoms with Crippen LogP contribution < -0.4 is 21.1 Å². The van der Waals surface area contributed by atoms with Crippen molar-refractivity contribution in [3.8, 4) is 17.0 Å². The summed E-state index contributed by atoms with van der Waals surface area (Å²) in [6, 6.07) is 12.0. The number of anilines is 3. The molecule has 0 saturated carbocycles. The van der Waals surface area contributed by atoms with Gasteiger partial charge >= 0.3 is 12.2 Å². The molecule has 0 bridgehead atoms. The summed E-state index contributed by atoms with van der Waals surface area (Å²) in [6.07, 6.45) is -0.00479. The molecule has 2 amide bonds. The van der Waals surface area contributed by atoms with Gasteiger partial charge < -0.3 is 20.5 Å². The number of nitrogens with two attached hydrogens (primary N) is 1. The Bertz CT molecular complexity index is 1190. The third kappa shape index (κ3) is 6.81. The van der Waals surface area contributed by atoms with E-state index in [0.29, 0.717) is 27.7 Å². The quantitative estimate of drug-likeness (QED) is 0.440. The Morgan fingerprint density at radius 1 is 1.09 bits per heavy atom. The Morgan fingerprint density at radius 3 is 2.52 bits per heavy atom. The molecule has 2 aromatic carbocycles. The summed E-state index contributed by atoms with van der Waals surface area (Å²) in [5.41, 5.74) is 7.65. The van der Waals surface area contributed by atoms with Gasteiger partial charge in [0.25, 0.3) is 0 Å². The first-order valence-electron chi connectivity index (χ1n) is 9.98. The maximum atomic E-state index is 12.0. The van der Waals surface area contributed by atoms with E-state index < -0.39 is 17.8 Å². The monoisotopic (exact) mass is 469 g/mol. The van der Waals surface area contributed by atoms with E-state index in [2.05, 4.69) is 20.6 Å². The molecule has 0 spiro atoms. The van der Waals surface area contributed by atoms with Crippen LogP contribution in [0, 0.1) is 6.92 Å². The van der Waals surface area contributed by atoms with Crippen molar-refractivity contribution in [2.24, 2.45) is 5.73 Å². The van der Waals surface area contributed by atoms with Crippen LogP contribution in [-0.4, -0.2) is 27.8 Å². The van der Waals surface area contributed by atoms with Crippen LogP contribution in [0.5, 0.6) is 5.75 Å². The lowest BCUT2D eigenvalue weighted by molar-refractivity contribution is 0.0636. The molecule has 10 heteroatoms. The Hall–Kier alpha value is -3.85. The molecule has 0 fully saturated rings. The van der Waals surface area contributed by atoms with Crippen LogP contribution in [-0.2, 0) is 4.74 Å². The summed E-state index contributed by atoms with van der Waals surface area (Å²) in [5.74, 6) is 0.553. The first kappa shape index (κ1) is 23.8. The predicted octanol–water partition coefficient (Wildman–Crippen LogP) is 5.65. The van der Waals surface area contributed by atoms with Crippen molar-refractivity contribution in [1.29, 1.82) is 0 Å². The fraction of sp³-hybridized carbons (Fsp3) is 0.217. The van der Waals surface area contributed by atoms with Crippen LogP contribution in [0.15, 0.2) is 48.7 Å². The number of carbonyl (C=O) groups excluding carboxylic acids is 2. The van der Waals surface area contributed by atoms with Crippen molar-refractivity contribution in [2.45, 2.75) is 33.3 Å². The SMILES string of the molecule is Cc1ccc(OC(N)=O)cc1-c1nc(Nc2cccc(NC(=O)OC(C)(C)C)c2)ncc1Cl. The van der Waals surface area contributed by atoms with Crippen LogP contribution in [0.3, 0.4) is 0 Å². The van der Waals surface area contributed by atoms with Gasteiger partial charge in [-0.3, -0.25) is 5.32 Å². The van der Waals surface area contributed by atoms with E-state index >= 15 is 0 Å². The van der Waals surface area contributed by atoms with E-state index in [1.165, 1.54) is 6.20 Å². The van der Waals surface area contributed by atoms with Gasteiger partial charge in [0.2, 0.25) is 5.95 Å². The molecule has 0 aliphatic rings. The van der Waals surface area contributed by atoms with Crippen molar-refractivity contribution in [1.82, 2.24) is 9.97 Å². The number of ether oxygens (including phenoxy) is 2. The summed E-state index contributed by atoms with van der Waals surface area (Å²) in [5, 5.41) is 6.10. The van der Waals surface area contributed by atoms with Crippen LogP contribution >= 0.6 is 11.6 Å². The summed E-state index contributed by atoms with van der Waals surface area (Å²) < 4.78 is 10.2. The van der Waals surface area contributed by atoms with Crippen molar-refractivity contribution >= 4 is 41.1 Å². The fourth-order valence-electron chi connectivity index (χ4n) is 2.88. The van der Waals surface area contributed by atoms with E-state index in [4.69, 9.17) is 26.8 Å². The summed E-state index contributed by atoms with van der Waals surface area (Å²) >= 11 is 6.35. The van der Waals surface area contributed by atoms with Gasteiger partial charge in [0.1, 0.15) is 11.4 Å². The molecule has 1 aromatic heterocycles. The molecule has 0 radical (unpaired) electrons. The van der Waals surface area contributed by atoms with Gasteiger partial charge in [-0.15, -0.1) is 0 Å². The molecule has 3 rings (SSSR count). The number of aromatic nitrogens is 2. The van der Waals surface area contributed by atoms with E-state index in [1.54, 1.807) is 63.2 Å². The maximum absolute atomic E-state index is 12.0. The zero-order valence-corrected chi connectivity index (χ0v) is 19.4. The summed E-state index contributed by atoms with van der Waals surface area (Å²) in [4.78, 5) is 31.9. The molecule has 0 unspecified atom stereocenters. The molecule has 0 aliphatic heterocycles. The average Bonchev–Trinajstić information content (AvgIpc) is 2.69. The lowest BCUT2D eigenvalue weighted by Gasteiger charge is -2.19. The topological polar surface area (TPSA) is 128 Å². The first-order chi connectivity index (χ1) is 15.5. The second-order valence-corrected chi connectivity index (χ2v) is 8.53. The molecular formula is C23H24ClN5O4. The van der Waals surface area contributed by atoms with Gasteiger partial charge in [-0.1, -0.05) is 23.7 Å². The smallest absolute Gasteiger partial charge is 0.412 e. The second-order valence-electron chi connectivity index (χ2n) is 8.12. The number of nitrogens with zero attached hydrogens (tertiary/aromatic N) is 2. The van der Waals surface area contributed by atoms with E-state index in [1.807, 2.05) is 6.92 Å². The Kier molecular flexibility index (Phi) is 7.03. The molecule has 33 heavy (non-hydrogen) atoms. The van der Waals surface area contributed by atoms with Crippen molar-refractivity contribution in [2.75, 3.05) is 10.6 Å². The highest BCUT2D eigenvalue weighted by Crippen LogP contribution is 2.32. The van der Waals surface area contributed by atoms with Gasteiger partial charge in [0, 0.05) is 16.9 Å². The number of primary amides is 1. The number of rotatable bonds is 5. The Labute approximate surface area is 196 Å². The van der Waals surface area contributed by atoms with Crippen LogP contribution in [0.4, 0.5) is 26.9 Å². The normalized spacial score (nSPS) is 10.9. The minimum atomic E-state index is -0.916. The van der Waals surface area contributed by atoms with E-state index in [9.17, 15) is 9.59 Å². The van der Waals surface area contributed by atoms with Crippen molar-refractivity contribution < 1.29 is 19.1 Å². The Morgan fingerprint density at radius 2 is 1.82 bits per heavy atom. The lowest BCUT2D eigenvalue weighted by atomic mass is 10.1. The van der Waals surface area contributed by atoms with Crippen LogP contribution in [0.1, 0.15) is 26.3 Å². The standard InChI is InChI=1S/C23H24ClN5O4/c1-13-8-9-16(32-20(25)30)11-17(13)19-18(24)12-26-21(29-19)27-14-6-5-7-15(10-14)28-22(31)33-23(2,3)4/h5-12H,1-4H3,(H2,25,30)(H,28,31)(H,26,27,29). The second kappa shape index (κ2) is 9.74. The highest BCUT2D eigenvalue weighted by molar-refractivity contribution is 6.33. The number of nitrogens with one attached hydrogen (secondary N) is 2. The predicted molar refractivity (Wildman–Crippen MR) is 127 cm³/mol. The minimum absolute atomic E-state index is 0.271. The maximum Gasteiger partial charge on any atom is 0.412 e. The van der Waals surface area contributed by atoms with Crippen molar-refractivity contribution in [3.63, 3.8) is 0 Å². The molecule has 0 saturated heterocycles. The number of hydrogen-bond donors (Lipinski definition) is 3. The van der Waals surface area contributed by atoms with Gasteiger partial charge in [-0.05, 0) is 63.6 Å². The van der Waals surface area contributed by atoms with Crippen molar-refractivity contribution in [3.05, 3.63) is 59.2 Å². The zero-order chi connectivity index (χ0) is 24.2. The highest BCUT2D eigenvalue weighted by Gasteiger charge is 2.17. The van der Waals surface area contributed by atoms with E-state index in [-0.39, 0.29) is 11.7 Å². The number of halogens is 1. The van der Waals surface area contributed by atoms with Gasteiger partial charge in [0.15, 0.2) is 0 Å². The molecule has 3 aromatic rings. The molecule has 9 nitrogen and oxygen atoms in total. The number of hydrogen-bond acceptors (Lipinski definition) is 7. The lowest BCUT2D eigenvalue weighted by Crippen LogP contribution is -2.27. The molecule has 172 valence electrons. The number of aryl methyl sites for hydroxylation is 1. The molecular weight excluding hydrogens is 446 g/mol. The molecule has 1 heterocycles. The molecule has 4 N–H and O–H groups in total. The molecule has 0 aliphatic carbocycles. The van der Waals surface area contributed by atoms with Gasteiger partial charge in [-0.2, -0.15) is 0 Å². The first-order valence-corrected chi connectivity index (χ1v) is 10.4. The number of benzene rings is 2.